The predicted octanol–water partition coefficient (Wildman–Crippen LogP) is 3.48. The predicted molar refractivity (Wildman–Crippen MR) is 69.1 cm³/mol. The van der Waals surface area contributed by atoms with Crippen LogP contribution < -0.4 is 4.74 Å². The lowest BCUT2D eigenvalue weighted by molar-refractivity contribution is 0.343. The normalized spacial score (nSPS) is 10.6. The van der Waals surface area contributed by atoms with Gasteiger partial charge >= 0.3 is 0 Å². The summed E-state index contributed by atoms with van der Waals surface area (Å²) in [5.74, 6) is 1.60. The van der Waals surface area contributed by atoms with Gasteiger partial charge in [-0.2, -0.15) is 0 Å². The van der Waals surface area contributed by atoms with E-state index in [1.807, 2.05) is 60.7 Å². The summed E-state index contributed by atoms with van der Waals surface area (Å²) in [5, 5.41) is 8.71. The molecule has 0 unspecified atom stereocenters. The molecule has 0 aliphatic heterocycles. The van der Waals surface area contributed by atoms with E-state index < -0.39 is 0 Å². The molecule has 0 saturated heterocycles. The number of benzene rings is 2. The summed E-state index contributed by atoms with van der Waals surface area (Å²) in [6, 6.07) is 17.4. The van der Waals surface area contributed by atoms with E-state index in [1.165, 1.54) is 0 Å². The monoisotopic (exact) mass is 226 g/mol. The van der Waals surface area contributed by atoms with Crippen LogP contribution in [0.15, 0.2) is 60.7 Å². The van der Waals surface area contributed by atoms with E-state index in [2.05, 4.69) is 0 Å². The molecule has 1 N–H and O–H groups in total. The quantitative estimate of drug-likeness (QED) is 0.864. The Morgan fingerprint density at radius 2 is 1.71 bits per heavy atom. The summed E-state index contributed by atoms with van der Waals surface area (Å²) in [6.45, 7) is 0.0454. The molecule has 0 saturated carbocycles. The molecule has 2 nitrogen and oxygen atoms in total. The van der Waals surface area contributed by atoms with Crippen LogP contribution in [0.3, 0.4) is 0 Å². The third-order valence-electron chi connectivity index (χ3n) is 2.25. The van der Waals surface area contributed by atoms with Gasteiger partial charge in [0.1, 0.15) is 11.5 Å². The molecule has 0 bridgehead atoms. The lowest BCUT2D eigenvalue weighted by atomic mass is 10.2. The van der Waals surface area contributed by atoms with E-state index in [0.717, 1.165) is 17.1 Å². The Morgan fingerprint density at radius 1 is 0.941 bits per heavy atom. The van der Waals surface area contributed by atoms with Crippen molar-refractivity contribution < 1.29 is 9.84 Å². The van der Waals surface area contributed by atoms with Gasteiger partial charge in [0.05, 0.1) is 6.61 Å². The molecule has 0 amide bonds. The van der Waals surface area contributed by atoms with Crippen LogP contribution in [0.25, 0.3) is 6.08 Å². The van der Waals surface area contributed by atoms with Gasteiger partial charge in [-0.1, -0.05) is 42.5 Å². The van der Waals surface area contributed by atoms with Gasteiger partial charge in [-0.25, -0.2) is 0 Å². The maximum absolute atomic E-state index is 8.71. The molecule has 0 spiro atoms. The van der Waals surface area contributed by atoms with Crippen molar-refractivity contribution in [3.63, 3.8) is 0 Å². The van der Waals surface area contributed by atoms with Gasteiger partial charge in [0, 0.05) is 0 Å². The fourth-order valence-corrected chi connectivity index (χ4v) is 1.50. The van der Waals surface area contributed by atoms with Crippen LogP contribution >= 0.6 is 0 Å². The van der Waals surface area contributed by atoms with Crippen molar-refractivity contribution in [2.24, 2.45) is 0 Å². The van der Waals surface area contributed by atoms with Crippen LogP contribution in [0.1, 0.15) is 5.56 Å². The number of para-hydroxylation sites is 1. The van der Waals surface area contributed by atoms with Gasteiger partial charge < -0.3 is 9.84 Å². The van der Waals surface area contributed by atoms with E-state index >= 15 is 0 Å². The third-order valence-corrected chi connectivity index (χ3v) is 2.25. The molecule has 0 atom stereocenters. The van der Waals surface area contributed by atoms with Crippen molar-refractivity contribution in [2.45, 2.75) is 0 Å². The second kappa shape index (κ2) is 5.87. The Labute approximate surface area is 101 Å². The second-order valence-electron chi connectivity index (χ2n) is 3.57. The highest BCUT2D eigenvalue weighted by Gasteiger charge is 1.96. The first-order chi connectivity index (χ1) is 8.38. The first-order valence-corrected chi connectivity index (χ1v) is 5.49. The van der Waals surface area contributed by atoms with Gasteiger partial charge in [0.25, 0.3) is 0 Å². The molecule has 0 aliphatic carbocycles. The van der Waals surface area contributed by atoms with Crippen LogP contribution in [-0.2, 0) is 0 Å². The fourth-order valence-electron chi connectivity index (χ4n) is 1.50. The highest BCUT2D eigenvalue weighted by atomic mass is 16.5. The van der Waals surface area contributed by atoms with E-state index in [4.69, 9.17) is 9.84 Å². The molecule has 86 valence electrons. The topological polar surface area (TPSA) is 29.5 Å². The summed E-state index contributed by atoms with van der Waals surface area (Å²) in [4.78, 5) is 0. The summed E-state index contributed by atoms with van der Waals surface area (Å²) in [5.41, 5.74) is 1.01. The zero-order chi connectivity index (χ0) is 11.9. The smallest absolute Gasteiger partial charge is 0.128 e. The number of hydrogen-bond donors (Lipinski definition) is 1. The van der Waals surface area contributed by atoms with Crippen LogP contribution in [0.4, 0.5) is 0 Å². The van der Waals surface area contributed by atoms with E-state index in [1.54, 1.807) is 6.08 Å². The molecule has 2 heteroatoms. The molecule has 0 aromatic heterocycles. The SMILES string of the molecule is OC/C=C/c1cccc(Oc2ccccc2)c1. The lowest BCUT2D eigenvalue weighted by Gasteiger charge is -2.05. The van der Waals surface area contributed by atoms with Crippen molar-refractivity contribution in [1.29, 1.82) is 0 Å². The molecule has 0 heterocycles. The number of ether oxygens (including phenoxy) is 1. The van der Waals surface area contributed by atoms with Crippen molar-refractivity contribution in [1.82, 2.24) is 0 Å². The standard InChI is InChI=1S/C15H14O2/c16-11-5-7-13-6-4-10-15(12-13)17-14-8-2-1-3-9-14/h1-10,12,16H,11H2/b7-5+. The minimum Gasteiger partial charge on any atom is -0.457 e. The summed E-state index contributed by atoms with van der Waals surface area (Å²) < 4.78 is 5.70. The molecule has 0 fully saturated rings. The van der Waals surface area contributed by atoms with E-state index in [0.29, 0.717) is 0 Å². The second-order valence-corrected chi connectivity index (χ2v) is 3.57. The van der Waals surface area contributed by atoms with Gasteiger partial charge in [-0.15, -0.1) is 0 Å². The Balaban J connectivity index is 2.14. The van der Waals surface area contributed by atoms with Gasteiger partial charge in [-0.05, 0) is 29.8 Å². The largest absolute Gasteiger partial charge is 0.457 e. The van der Waals surface area contributed by atoms with Gasteiger partial charge in [0.15, 0.2) is 0 Å². The maximum atomic E-state index is 8.71. The zero-order valence-electron chi connectivity index (χ0n) is 9.41. The van der Waals surface area contributed by atoms with Gasteiger partial charge in [0.2, 0.25) is 0 Å². The van der Waals surface area contributed by atoms with Crippen molar-refractivity contribution >= 4 is 6.08 Å². The molecular weight excluding hydrogens is 212 g/mol. The summed E-state index contributed by atoms with van der Waals surface area (Å²) in [6.07, 6.45) is 3.56. The molecule has 2 rings (SSSR count). The Kier molecular flexibility index (Phi) is 3.95. The lowest BCUT2D eigenvalue weighted by Crippen LogP contribution is -1.84. The number of aliphatic hydroxyl groups is 1. The molecule has 0 radical (unpaired) electrons. The average Bonchev–Trinajstić information content (AvgIpc) is 2.38. The number of rotatable bonds is 4. The minimum atomic E-state index is 0.0454. The van der Waals surface area contributed by atoms with Crippen LogP contribution in [0.2, 0.25) is 0 Å². The van der Waals surface area contributed by atoms with Crippen LogP contribution in [0.5, 0.6) is 11.5 Å². The highest BCUT2D eigenvalue weighted by molar-refractivity contribution is 5.52. The summed E-state index contributed by atoms with van der Waals surface area (Å²) in [7, 11) is 0. The molecular formula is C15H14O2. The molecule has 17 heavy (non-hydrogen) atoms. The Bertz CT molecular complexity index is 489. The van der Waals surface area contributed by atoms with Gasteiger partial charge in [-0.3, -0.25) is 0 Å². The van der Waals surface area contributed by atoms with E-state index in [-0.39, 0.29) is 6.61 Å². The van der Waals surface area contributed by atoms with Crippen LogP contribution in [0, 0.1) is 0 Å². The number of hydrogen-bond acceptors (Lipinski definition) is 2. The van der Waals surface area contributed by atoms with E-state index in [9.17, 15) is 0 Å². The minimum absolute atomic E-state index is 0.0454. The van der Waals surface area contributed by atoms with Crippen molar-refractivity contribution in [3.05, 3.63) is 66.2 Å². The van der Waals surface area contributed by atoms with Crippen molar-refractivity contribution in [2.75, 3.05) is 6.61 Å². The Morgan fingerprint density at radius 3 is 2.47 bits per heavy atom. The average molecular weight is 226 g/mol. The van der Waals surface area contributed by atoms with Crippen molar-refractivity contribution in [3.8, 4) is 11.5 Å². The molecule has 2 aromatic rings. The fraction of sp³-hybridized carbons (Fsp3) is 0.0667. The van der Waals surface area contributed by atoms with Crippen LogP contribution in [-0.4, -0.2) is 11.7 Å². The first-order valence-electron chi connectivity index (χ1n) is 5.49. The zero-order valence-corrected chi connectivity index (χ0v) is 9.41. The molecule has 2 aromatic carbocycles. The maximum Gasteiger partial charge on any atom is 0.128 e. The number of aliphatic hydroxyl groups excluding tert-OH is 1. The summed E-state index contributed by atoms with van der Waals surface area (Å²) >= 11 is 0. The molecule has 0 aliphatic rings. The third kappa shape index (κ3) is 3.47. The first kappa shape index (κ1) is 11.4. The Hall–Kier alpha value is -2.06. The highest BCUT2D eigenvalue weighted by Crippen LogP contribution is 2.22.